The number of thiol groups is 1. The number of aliphatic hydroxyl groups excluding tert-OH is 3. The van der Waals surface area contributed by atoms with Crippen molar-refractivity contribution in [2.75, 3.05) is 32.5 Å². The van der Waals surface area contributed by atoms with Crippen LogP contribution >= 0.6 is 10.9 Å². The van der Waals surface area contributed by atoms with Crippen LogP contribution in [-0.2, 0) is 0 Å². The smallest absolute Gasteiger partial charge is 0.194 e. The molecule has 12 heteroatoms. The molecule has 0 aliphatic carbocycles. The van der Waals surface area contributed by atoms with E-state index in [1.807, 2.05) is 38.2 Å². The number of rotatable bonds is 6. The van der Waals surface area contributed by atoms with E-state index < -0.39 is 62.7 Å². The normalized spacial score (nSPS) is 28.9. The molecule has 40 heavy (non-hydrogen) atoms. The number of nitrogens with zero attached hydrogens (tertiary/aromatic N) is 4. The minimum Gasteiger partial charge on any atom is -0.395 e. The van der Waals surface area contributed by atoms with Crippen molar-refractivity contribution in [3.63, 3.8) is 0 Å². The highest BCUT2D eigenvalue weighted by Gasteiger charge is 2.51. The summed E-state index contributed by atoms with van der Waals surface area (Å²) in [6, 6.07) is 8.37. The molecule has 2 aliphatic rings. The Hall–Kier alpha value is -2.48. The molecule has 5 rings (SSSR count). The molecule has 3 aromatic rings. The van der Waals surface area contributed by atoms with Crippen molar-refractivity contribution in [2.24, 2.45) is 0 Å². The molecule has 2 saturated heterocycles. The van der Waals surface area contributed by atoms with Crippen molar-refractivity contribution in [1.82, 2.24) is 19.9 Å². The van der Waals surface area contributed by atoms with Gasteiger partial charge in [-0.15, -0.1) is 5.10 Å². The van der Waals surface area contributed by atoms with Gasteiger partial charge in [-0.1, -0.05) is 29.5 Å². The van der Waals surface area contributed by atoms with E-state index in [0.29, 0.717) is 25.9 Å². The molecule has 0 bridgehead atoms. The fourth-order valence-corrected chi connectivity index (χ4v) is 9.97. The Morgan fingerprint density at radius 3 is 2.38 bits per heavy atom. The van der Waals surface area contributed by atoms with Gasteiger partial charge >= 0.3 is 0 Å². The third-order valence-electron chi connectivity index (χ3n) is 8.42. The fraction of sp³-hybridized carbons (Fsp3) is 0.500. The van der Waals surface area contributed by atoms with Crippen LogP contribution in [0.5, 0.6) is 0 Å². The van der Waals surface area contributed by atoms with Crippen LogP contribution in [0.2, 0.25) is 0 Å². The summed E-state index contributed by atoms with van der Waals surface area (Å²) in [4.78, 5) is 2.15. The largest absolute Gasteiger partial charge is 0.395 e. The molecule has 2 aliphatic heterocycles. The van der Waals surface area contributed by atoms with E-state index in [9.17, 15) is 33.6 Å². The molecule has 3 heterocycles. The molecule has 8 nitrogen and oxygen atoms in total. The van der Waals surface area contributed by atoms with E-state index >= 15 is 0 Å². The monoisotopic (exact) mass is 580 g/mol. The quantitative estimate of drug-likeness (QED) is 0.225. The van der Waals surface area contributed by atoms with E-state index in [1.54, 1.807) is 0 Å². The van der Waals surface area contributed by atoms with Crippen molar-refractivity contribution in [3.8, 4) is 11.3 Å². The standard InChI is InChI=1S/C28H35F3N4O4S/c1-16-5-3-4-6-18(16)27(28(39)7-9-34(2)10-8-28)40-15-22(37)25(26(38)23(40)14-36)35-13-21(32-33-35)17-11-19(29)24(31)20(30)12-17/h3-6,11-13,22-23,25-27,36-40H,7-10,14-15H2,1-2H3/t22-,23+,25-,26-,27+/m0/s1. The molecule has 1 aromatic heterocycles. The molecule has 0 radical (unpaired) electrons. The number of hydrogen-bond acceptors (Lipinski definition) is 7. The topological polar surface area (TPSA) is 115 Å². The van der Waals surface area contributed by atoms with Crippen LogP contribution in [0.15, 0.2) is 42.6 Å². The van der Waals surface area contributed by atoms with Gasteiger partial charge in [-0.25, -0.2) is 28.7 Å². The Morgan fingerprint density at radius 1 is 1.10 bits per heavy atom. The Labute approximate surface area is 233 Å². The molecular weight excluding hydrogens is 545 g/mol. The first-order chi connectivity index (χ1) is 19.0. The first-order valence-electron chi connectivity index (χ1n) is 13.3. The molecule has 0 spiro atoms. The Kier molecular flexibility index (Phi) is 8.29. The Balaban J connectivity index is 1.49. The second-order valence-electron chi connectivity index (χ2n) is 11.0. The van der Waals surface area contributed by atoms with Gasteiger partial charge in [-0.2, -0.15) is 0 Å². The Bertz CT molecular complexity index is 1330. The third-order valence-corrected chi connectivity index (χ3v) is 12.0. The van der Waals surface area contributed by atoms with Gasteiger partial charge in [0.15, 0.2) is 17.5 Å². The summed E-state index contributed by atoms with van der Waals surface area (Å²) in [6.45, 7) is 3.00. The second-order valence-corrected chi connectivity index (χ2v) is 13.6. The lowest BCUT2D eigenvalue weighted by atomic mass is 9.83. The van der Waals surface area contributed by atoms with Crippen molar-refractivity contribution in [3.05, 3.63) is 71.2 Å². The molecule has 0 amide bonds. The van der Waals surface area contributed by atoms with Crippen LogP contribution in [-0.4, -0.2) is 95.9 Å². The number of aliphatic hydroxyl groups is 4. The Morgan fingerprint density at radius 2 is 1.75 bits per heavy atom. The van der Waals surface area contributed by atoms with Crippen LogP contribution in [0, 0.1) is 24.4 Å². The van der Waals surface area contributed by atoms with Crippen LogP contribution < -0.4 is 0 Å². The summed E-state index contributed by atoms with van der Waals surface area (Å²) in [5.41, 5.74) is 0.836. The van der Waals surface area contributed by atoms with Crippen LogP contribution in [0.4, 0.5) is 13.2 Å². The van der Waals surface area contributed by atoms with Gasteiger partial charge in [0, 0.05) is 34.9 Å². The zero-order valence-corrected chi connectivity index (χ0v) is 23.2. The summed E-state index contributed by atoms with van der Waals surface area (Å²) in [5, 5.41) is 52.5. The highest BCUT2D eigenvalue weighted by atomic mass is 32.2. The van der Waals surface area contributed by atoms with E-state index in [4.69, 9.17) is 0 Å². The predicted molar refractivity (Wildman–Crippen MR) is 147 cm³/mol. The van der Waals surface area contributed by atoms with Crippen molar-refractivity contribution in [1.29, 1.82) is 0 Å². The van der Waals surface area contributed by atoms with Crippen LogP contribution in [0.1, 0.15) is 35.3 Å². The van der Waals surface area contributed by atoms with Gasteiger partial charge in [0.2, 0.25) is 0 Å². The van der Waals surface area contributed by atoms with Gasteiger partial charge in [0.25, 0.3) is 0 Å². The van der Waals surface area contributed by atoms with E-state index in [0.717, 1.165) is 23.3 Å². The van der Waals surface area contributed by atoms with Crippen LogP contribution in [0.25, 0.3) is 11.3 Å². The van der Waals surface area contributed by atoms with Crippen LogP contribution in [0.3, 0.4) is 0 Å². The van der Waals surface area contributed by atoms with Gasteiger partial charge in [-0.3, -0.25) is 0 Å². The van der Waals surface area contributed by atoms with E-state index in [-0.39, 0.29) is 23.6 Å². The highest BCUT2D eigenvalue weighted by molar-refractivity contribution is 8.18. The van der Waals surface area contributed by atoms with Gasteiger partial charge in [0.05, 0.1) is 30.6 Å². The molecule has 4 N–H and O–H groups in total. The highest BCUT2D eigenvalue weighted by Crippen LogP contribution is 2.59. The first kappa shape index (κ1) is 29.0. The van der Waals surface area contributed by atoms with Gasteiger partial charge in [-0.05, 0) is 50.1 Å². The number of aromatic nitrogens is 3. The van der Waals surface area contributed by atoms with Gasteiger partial charge in [0.1, 0.15) is 11.7 Å². The number of halogens is 3. The maximum atomic E-state index is 13.8. The number of aryl methyl sites for hydroxylation is 1. The maximum Gasteiger partial charge on any atom is 0.194 e. The van der Waals surface area contributed by atoms with Crippen molar-refractivity contribution in [2.45, 2.75) is 54.1 Å². The average Bonchev–Trinajstić information content (AvgIpc) is 3.40. The molecular formula is C28H35F3N4O4S. The zero-order valence-electron chi connectivity index (χ0n) is 22.3. The van der Waals surface area contributed by atoms with Crippen molar-refractivity contribution < 1.29 is 33.6 Å². The first-order valence-corrected chi connectivity index (χ1v) is 15.0. The fourth-order valence-electron chi connectivity index (χ4n) is 6.16. The summed E-state index contributed by atoms with van der Waals surface area (Å²) < 4.78 is 42.3. The molecule has 218 valence electrons. The molecule has 0 saturated carbocycles. The zero-order chi connectivity index (χ0) is 28.8. The summed E-state index contributed by atoms with van der Waals surface area (Å²) >= 11 is 0. The summed E-state index contributed by atoms with van der Waals surface area (Å²) in [5.74, 6) is -4.12. The average molecular weight is 581 g/mol. The molecule has 1 unspecified atom stereocenters. The lowest BCUT2D eigenvalue weighted by Crippen LogP contribution is -2.54. The second kappa shape index (κ2) is 11.4. The van der Waals surface area contributed by atoms with Gasteiger partial charge < -0.3 is 25.3 Å². The lowest BCUT2D eigenvalue weighted by molar-refractivity contribution is -0.0218. The molecule has 6 atom stereocenters. The number of piperidine rings is 1. The van der Waals surface area contributed by atoms with E-state index in [2.05, 4.69) is 15.2 Å². The summed E-state index contributed by atoms with van der Waals surface area (Å²) in [6.07, 6.45) is 0.00626. The summed E-state index contributed by atoms with van der Waals surface area (Å²) in [7, 11) is 0.661. The van der Waals surface area contributed by atoms with E-state index in [1.165, 1.54) is 10.9 Å². The number of hydrogen-bond donors (Lipinski definition) is 5. The lowest BCUT2D eigenvalue weighted by Gasteiger charge is -2.53. The minimum absolute atomic E-state index is 0.0315. The minimum atomic E-state index is -1.59. The SMILES string of the molecule is Cc1ccccc1[C@@H]([SH]1C[C@H](O)[C@H](n2cc(-c3cc(F)c(F)c(F)c3)nn2)[C@@H](O)[C@H]1CO)C1(O)CCN(C)CC1. The third kappa shape index (κ3) is 5.28. The molecule has 2 aromatic carbocycles. The number of likely N-dealkylation sites (tertiary alicyclic amines) is 1. The maximum absolute atomic E-state index is 13.8. The van der Waals surface area contributed by atoms with Crippen molar-refractivity contribution >= 4 is 10.9 Å². The number of benzene rings is 2. The molecule has 2 fully saturated rings. The predicted octanol–water partition coefficient (Wildman–Crippen LogP) is 2.51.